The second-order valence-electron chi connectivity index (χ2n) is 9.32. The molecule has 0 atom stereocenters. The van der Waals surface area contributed by atoms with Crippen LogP contribution in [0.1, 0.15) is 89.7 Å². The van der Waals surface area contributed by atoms with Gasteiger partial charge in [-0.3, -0.25) is 4.90 Å². The van der Waals surface area contributed by atoms with Crippen LogP contribution in [0, 0.1) is 5.92 Å². The first-order valence-corrected chi connectivity index (χ1v) is 11.6. The minimum Gasteiger partial charge on any atom is -0.301 e. The third kappa shape index (κ3) is 9.25. The highest BCUT2D eigenvalue weighted by Gasteiger charge is 2.16. The fourth-order valence-corrected chi connectivity index (χ4v) is 4.03. The van der Waals surface area contributed by atoms with E-state index in [1.165, 1.54) is 88.8 Å². The van der Waals surface area contributed by atoms with Crippen molar-refractivity contribution in [1.29, 1.82) is 0 Å². The van der Waals surface area contributed by atoms with Gasteiger partial charge in [0.15, 0.2) is 0 Å². The molecule has 154 valence electrons. The van der Waals surface area contributed by atoms with Crippen LogP contribution in [0.5, 0.6) is 0 Å². The summed E-state index contributed by atoms with van der Waals surface area (Å²) in [4.78, 5) is 5.30. The van der Waals surface area contributed by atoms with Crippen molar-refractivity contribution in [3.8, 4) is 0 Å². The van der Waals surface area contributed by atoms with Crippen LogP contribution in [0.3, 0.4) is 0 Å². The second-order valence-corrected chi connectivity index (χ2v) is 9.32. The highest BCUT2D eigenvalue weighted by Crippen LogP contribution is 2.16. The molecular weight excluding hydrogens is 328 g/mol. The Balaban J connectivity index is 1.51. The predicted octanol–water partition coefficient (Wildman–Crippen LogP) is 6.31. The Hall–Kier alpha value is -0.860. The molecule has 0 unspecified atom stereocenters. The molecule has 0 aliphatic carbocycles. The normalized spacial score (nSPS) is 16.5. The van der Waals surface area contributed by atoms with E-state index in [-0.39, 0.29) is 0 Å². The molecule has 0 saturated carbocycles. The van der Waals surface area contributed by atoms with E-state index in [1.807, 2.05) is 0 Å². The topological polar surface area (TPSA) is 6.48 Å². The van der Waals surface area contributed by atoms with Gasteiger partial charge < -0.3 is 4.90 Å². The van der Waals surface area contributed by atoms with Crippen LogP contribution in [0.2, 0.25) is 0 Å². The van der Waals surface area contributed by atoms with Crippen LogP contribution in [-0.4, -0.2) is 42.5 Å². The fourth-order valence-electron chi connectivity index (χ4n) is 4.03. The fraction of sp³-hybridized carbons (Fsp3) is 0.760. The van der Waals surface area contributed by atoms with Crippen LogP contribution in [0.15, 0.2) is 24.3 Å². The molecule has 1 heterocycles. The summed E-state index contributed by atoms with van der Waals surface area (Å²) in [6, 6.07) is 9.25. The van der Waals surface area contributed by atoms with E-state index in [4.69, 9.17) is 0 Å². The summed E-state index contributed by atoms with van der Waals surface area (Å²) in [5.41, 5.74) is 2.91. The average Bonchev–Trinajstić information content (AvgIpc) is 2.65. The van der Waals surface area contributed by atoms with Crippen molar-refractivity contribution < 1.29 is 0 Å². The molecule has 1 fully saturated rings. The molecule has 1 aliphatic heterocycles. The van der Waals surface area contributed by atoms with E-state index in [0.717, 1.165) is 12.5 Å². The molecule has 27 heavy (non-hydrogen) atoms. The van der Waals surface area contributed by atoms with Crippen molar-refractivity contribution in [2.75, 3.05) is 32.7 Å². The number of piperazine rings is 1. The molecule has 0 spiro atoms. The number of unbranched alkanes of at least 4 members (excludes halogenated alkanes) is 5. The summed E-state index contributed by atoms with van der Waals surface area (Å²) >= 11 is 0. The Bertz CT molecular complexity index is 484. The van der Waals surface area contributed by atoms with Crippen LogP contribution in [0.4, 0.5) is 0 Å². The van der Waals surface area contributed by atoms with Crippen molar-refractivity contribution in [1.82, 2.24) is 9.80 Å². The standard InChI is InChI=1S/C25H44N2/c1-22(2)11-9-7-5-6-8-10-16-26-17-19-27(20-18-26)21-24-12-14-25(15-13-24)23(3)4/h12-15,22-23H,5-11,16-21H2,1-4H3. The maximum atomic E-state index is 2.68. The van der Waals surface area contributed by atoms with Gasteiger partial charge in [0, 0.05) is 32.7 Å². The van der Waals surface area contributed by atoms with E-state index in [2.05, 4.69) is 61.8 Å². The van der Waals surface area contributed by atoms with Crippen molar-refractivity contribution in [3.05, 3.63) is 35.4 Å². The summed E-state index contributed by atoms with van der Waals surface area (Å²) in [5.74, 6) is 1.51. The van der Waals surface area contributed by atoms with E-state index in [0.29, 0.717) is 5.92 Å². The predicted molar refractivity (Wildman–Crippen MR) is 119 cm³/mol. The second kappa shape index (κ2) is 12.6. The maximum Gasteiger partial charge on any atom is 0.0234 e. The zero-order valence-corrected chi connectivity index (χ0v) is 18.6. The molecule has 1 aromatic rings. The Kier molecular flexibility index (Phi) is 10.4. The smallest absolute Gasteiger partial charge is 0.0234 e. The lowest BCUT2D eigenvalue weighted by atomic mass is 10.0. The number of hydrogen-bond donors (Lipinski definition) is 0. The minimum atomic E-state index is 0.627. The molecule has 1 aromatic carbocycles. The first-order chi connectivity index (χ1) is 13.0. The lowest BCUT2D eigenvalue weighted by Gasteiger charge is -2.34. The van der Waals surface area contributed by atoms with Crippen LogP contribution < -0.4 is 0 Å². The molecule has 1 aliphatic rings. The van der Waals surface area contributed by atoms with E-state index >= 15 is 0 Å². The van der Waals surface area contributed by atoms with Crippen molar-refractivity contribution in [2.45, 2.75) is 85.1 Å². The molecule has 0 aromatic heterocycles. The van der Waals surface area contributed by atoms with Crippen LogP contribution in [0.25, 0.3) is 0 Å². The summed E-state index contributed by atoms with van der Waals surface area (Å²) in [7, 11) is 0. The van der Waals surface area contributed by atoms with Crippen molar-refractivity contribution in [3.63, 3.8) is 0 Å². The van der Waals surface area contributed by atoms with E-state index in [1.54, 1.807) is 0 Å². The monoisotopic (exact) mass is 372 g/mol. The van der Waals surface area contributed by atoms with Gasteiger partial charge in [0.25, 0.3) is 0 Å². The third-order valence-corrected chi connectivity index (χ3v) is 6.02. The van der Waals surface area contributed by atoms with Gasteiger partial charge in [0.1, 0.15) is 0 Å². The maximum absolute atomic E-state index is 2.68. The highest BCUT2D eigenvalue weighted by molar-refractivity contribution is 5.24. The number of rotatable bonds is 12. The lowest BCUT2D eigenvalue weighted by molar-refractivity contribution is 0.125. The molecule has 1 saturated heterocycles. The van der Waals surface area contributed by atoms with E-state index < -0.39 is 0 Å². The first-order valence-electron chi connectivity index (χ1n) is 11.6. The SMILES string of the molecule is CC(C)CCCCCCCCN1CCN(Cc2ccc(C(C)C)cc2)CC1. The summed E-state index contributed by atoms with van der Waals surface area (Å²) < 4.78 is 0. The van der Waals surface area contributed by atoms with Gasteiger partial charge in [-0.2, -0.15) is 0 Å². The number of hydrogen-bond acceptors (Lipinski definition) is 2. The van der Waals surface area contributed by atoms with Gasteiger partial charge >= 0.3 is 0 Å². The number of benzene rings is 1. The zero-order chi connectivity index (χ0) is 19.5. The van der Waals surface area contributed by atoms with Gasteiger partial charge in [-0.1, -0.05) is 90.5 Å². The van der Waals surface area contributed by atoms with Crippen molar-refractivity contribution in [2.24, 2.45) is 5.92 Å². The van der Waals surface area contributed by atoms with Crippen LogP contribution in [-0.2, 0) is 6.54 Å². The Labute approximate surface area is 169 Å². The molecule has 2 heteroatoms. The molecule has 0 N–H and O–H groups in total. The number of nitrogens with zero attached hydrogens (tertiary/aromatic N) is 2. The molecule has 2 rings (SSSR count). The Morgan fingerprint density at radius 1 is 0.704 bits per heavy atom. The highest BCUT2D eigenvalue weighted by atomic mass is 15.3. The third-order valence-electron chi connectivity index (χ3n) is 6.02. The summed E-state index contributed by atoms with van der Waals surface area (Å²) in [5, 5.41) is 0. The summed E-state index contributed by atoms with van der Waals surface area (Å²) in [6.45, 7) is 16.6. The quantitative estimate of drug-likeness (QED) is 0.396. The molecular formula is C25H44N2. The summed E-state index contributed by atoms with van der Waals surface area (Å²) in [6.07, 6.45) is 9.96. The Morgan fingerprint density at radius 2 is 1.26 bits per heavy atom. The lowest BCUT2D eigenvalue weighted by Crippen LogP contribution is -2.46. The minimum absolute atomic E-state index is 0.627. The van der Waals surface area contributed by atoms with Crippen molar-refractivity contribution >= 4 is 0 Å². The van der Waals surface area contributed by atoms with Gasteiger partial charge in [-0.15, -0.1) is 0 Å². The van der Waals surface area contributed by atoms with Gasteiger partial charge in [-0.25, -0.2) is 0 Å². The molecule has 0 radical (unpaired) electrons. The zero-order valence-electron chi connectivity index (χ0n) is 18.6. The largest absolute Gasteiger partial charge is 0.301 e. The van der Waals surface area contributed by atoms with E-state index in [9.17, 15) is 0 Å². The molecule has 2 nitrogen and oxygen atoms in total. The van der Waals surface area contributed by atoms with Gasteiger partial charge in [-0.05, 0) is 35.9 Å². The molecule has 0 amide bonds. The average molecular weight is 373 g/mol. The van der Waals surface area contributed by atoms with Crippen LogP contribution >= 0.6 is 0 Å². The van der Waals surface area contributed by atoms with Gasteiger partial charge in [0.05, 0.1) is 0 Å². The first kappa shape index (κ1) is 22.4. The van der Waals surface area contributed by atoms with Gasteiger partial charge in [0.2, 0.25) is 0 Å². The molecule has 0 bridgehead atoms. The Morgan fingerprint density at radius 3 is 1.85 bits per heavy atom.